The number of rotatable bonds is 3. The van der Waals surface area contributed by atoms with Gasteiger partial charge in [0.05, 0.1) is 0 Å². The zero-order chi connectivity index (χ0) is 12.9. The fraction of sp³-hybridized carbons (Fsp3) is 1.00. The average Bonchev–Trinajstić information content (AvgIpc) is 2.30. The number of halogens is 2. The van der Waals surface area contributed by atoms with Gasteiger partial charge < -0.3 is 34.4 Å². The minimum absolute atomic E-state index is 0.106. The number of hydrogen-bond donors (Lipinski definition) is 6. The maximum absolute atomic E-state index is 4.90. The fourth-order valence-corrected chi connectivity index (χ4v) is 0. The second-order valence-corrected chi connectivity index (χ2v) is 4.14. The van der Waals surface area contributed by atoms with E-state index in [-0.39, 0.29) is 15.9 Å². The van der Waals surface area contributed by atoms with Crippen LogP contribution in [0, 0.1) is 0 Å². The van der Waals surface area contributed by atoms with E-state index in [1.165, 1.54) is 0 Å². The van der Waals surface area contributed by atoms with Crippen molar-refractivity contribution < 1.29 is 15.9 Å². The van der Waals surface area contributed by atoms with Crippen molar-refractivity contribution in [2.24, 2.45) is 34.4 Å². The monoisotopic (exact) mass is 356 g/mol. The van der Waals surface area contributed by atoms with Crippen LogP contribution >= 0.6 is 19.1 Å². The van der Waals surface area contributed by atoms with E-state index in [4.69, 9.17) is 53.5 Å². The normalized spacial score (nSPS) is 7.47. The molecule has 6 nitrogen and oxygen atoms in total. The molecule has 9 heteroatoms. The van der Waals surface area contributed by atoms with Crippen molar-refractivity contribution in [3.05, 3.63) is 0 Å². The van der Waals surface area contributed by atoms with Crippen LogP contribution in [0.15, 0.2) is 0 Å². The number of hydrogen-bond acceptors (Lipinski definition) is 6. The predicted molar refractivity (Wildman–Crippen MR) is 66.0 cm³/mol. The SMILES string of the molecule is NCCN.NCCN.NCCN.[Cl][Pd][Cl]. The van der Waals surface area contributed by atoms with Crippen LogP contribution < -0.4 is 34.4 Å². The molecule has 0 spiro atoms. The summed E-state index contributed by atoms with van der Waals surface area (Å²) < 4.78 is 0. The van der Waals surface area contributed by atoms with Crippen LogP contribution in [0.1, 0.15) is 0 Å². The third-order valence-electron chi connectivity index (χ3n) is 0.500. The molecule has 12 N–H and O–H groups in total. The van der Waals surface area contributed by atoms with E-state index in [0.717, 1.165) is 0 Å². The summed E-state index contributed by atoms with van der Waals surface area (Å²) in [6.07, 6.45) is 0. The molecule has 0 radical (unpaired) electrons. The van der Waals surface area contributed by atoms with Gasteiger partial charge in [-0.15, -0.1) is 0 Å². The van der Waals surface area contributed by atoms with Gasteiger partial charge in [-0.2, -0.15) is 0 Å². The summed E-state index contributed by atoms with van der Waals surface area (Å²) in [6, 6.07) is 0. The van der Waals surface area contributed by atoms with E-state index in [1.54, 1.807) is 0 Å². The van der Waals surface area contributed by atoms with Crippen LogP contribution in [0.4, 0.5) is 0 Å². The summed E-state index contributed by atoms with van der Waals surface area (Å²) in [7, 11) is 9.63. The Kier molecular flexibility index (Phi) is 76.6. The van der Waals surface area contributed by atoms with Crippen molar-refractivity contribution in [2.45, 2.75) is 0 Å². The first-order valence-electron chi connectivity index (χ1n) is 4.19. The zero-order valence-corrected chi connectivity index (χ0v) is 11.8. The summed E-state index contributed by atoms with van der Waals surface area (Å²) >= 11 is -0.106. The van der Waals surface area contributed by atoms with Gasteiger partial charge in [-0.1, -0.05) is 0 Å². The Hall–Kier alpha value is 1.00. The first kappa shape index (κ1) is 25.0. The van der Waals surface area contributed by atoms with Crippen LogP contribution in [0.3, 0.4) is 0 Å². The Morgan fingerprint density at radius 2 is 0.600 bits per heavy atom. The quantitative estimate of drug-likeness (QED) is 0.324. The summed E-state index contributed by atoms with van der Waals surface area (Å²) in [5.41, 5.74) is 29.4. The Bertz CT molecular complexity index is 49.4. The van der Waals surface area contributed by atoms with Crippen molar-refractivity contribution in [1.29, 1.82) is 0 Å². The molecule has 0 fully saturated rings. The van der Waals surface area contributed by atoms with Crippen molar-refractivity contribution >= 4 is 19.1 Å². The molecule has 0 amide bonds. The summed E-state index contributed by atoms with van der Waals surface area (Å²) in [5.74, 6) is 0. The Balaban J connectivity index is -0.0000000542. The molecule has 0 atom stereocenters. The standard InChI is InChI=1S/3C2H8N2.2ClH.Pd/c3*3-1-2-4;;;/h3*1-4H2;2*1H;/q;;;;;+2/p-2. The van der Waals surface area contributed by atoms with Crippen molar-refractivity contribution in [2.75, 3.05) is 39.3 Å². The molecule has 0 aromatic carbocycles. The molecule has 0 aromatic rings. The van der Waals surface area contributed by atoms with Crippen LogP contribution in [-0.4, -0.2) is 39.3 Å². The second-order valence-electron chi connectivity index (χ2n) is 1.78. The van der Waals surface area contributed by atoms with Gasteiger partial charge in [0.2, 0.25) is 0 Å². The van der Waals surface area contributed by atoms with Gasteiger partial charge in [-0.3, -0.25) is 0 Å². The van der Waals surface area contributed by atoms with E-state index in [1.807, 2.05) is 0 Å². The van der Waals surface area contributed by atoms with Gasteiger partial charge in [0.1, 0.15) is 0 Å². The van der Waals surface area contributed by atoms with E-state index in [0.29, 0.717) is 39.3 Å². The molecular formula is C6H24Cl2N6Pd. The molecule has 0 aliphatic carbocycles. The Labute approximate surface area is 108 Å². The molecule has 0 bridgehead atoms. The van der Waals surface area contributed by atoms with Gasteiger partial charge in [0, 0.05) is 39.3 Å². The van der Waals surface area contributed by atoms with Gasteiger partial charge in [-0.25, -0.2) is 0 Å². The molecule has 0 saturated heterocycles. The maximum atomic E-state index is 4.90. The van der Waals surface area contributed by atoms with E-state index in [9.17, 15) is 0 Å². The first-order chi connectivity index (χ1) is 7.16. The molecule has 0 aliphatic heterocycles. The van der Waals surface area contributed by atoms with Crippen molar-refractivity contribution in [3.8, 4) is 0 Å². The van der Waals surface area contributed by atoms with Gasteiger partial charge in [0.15, 0.2) is 0 Å². The molecule has 0 heterocycles. The van der Waals surface area contributed by atoms with Crippen LogP contribution in [0.25, 0.3) is 0 Å². The van der Waals surface area contributed by atoms with Gasteiger partial charge in [-0.05, 0) is 0 Å². The molecule has 0 saturated carbocycles. The van der Waals surface area contributed by atoms with Crippen LogP contribution in [0.2, 0.25) is 0 Å². The summed E-state index contributed by atoms with van der Waals surface area (Å²) in [4.78, 5) is 0. The average molecular weight is 358 g/mol. The Morgan fingerprint density at radius 1 is 0.533 bits per heavy atom. The molecule has 0 aliphatic rings. The Morgan fingerprint density at radius 3 is 0.600 bits per heavy atom. The topological polar surface area (TPSA) is 156 Å². The molecule has 0 aromatic heterocycles. The van der Waals surface area contributed by atoms with Gasteiger partial charge in [0.25, 0.3) is 0 Å². The third kappa shape index (κ3) is 158. The van der Waals surface area contributed by atoms with Gasteiger partial charge >= 0.3 is 35.0 Å². The second kappa shape index (κ2) is 45.9. The van der Waals surface area contributed by atoms with E-state index in [2.05, 4.69) is 0 Å². The summed E-state index contributed by atoms with van der Waals surface area (Å²) in [5, 5.41) is 0. The molecule has 0 rings (SSSR count). The molecule has 15 heavy (non-hydrogen) atoms. The van der Waals surface area contributed by atoms with Crippen molar-refractivity contribution in [3.63, 3.8) is 0 Å². The van der Waals surface area contributed by atoms with E-state index >= 15 is 0 Å². The van der Waals surface area contributed by atoms with Crippen LogP contribution in [0.5, 0.6) is 0 Å². The molecule has 102 valence electrons. The first-order valence-corrected chi connectivity index (χ1v) is 8.19. The molecule has 0 unspecified atom stereocenters. The minimum atomic E-state index is -0.106. The molecular weight excluding hydrogens is 333 g/mol. The number of nitrogens with two attached hydrogens (primary N) is 6. The van der Waals surface area contributed by atoms with Crippen molar-refractivity contribution in [1.82, 2.24) is 0 Å². The van der Waals surface area contributed by atoms with Crippen LogP contribution in [-0.2, 0) is 15.9 Å². The fourth-order valence-electron chi connectivity index (χ4n) is 0. The third-order valence-corrected chi connectivity index (χ3v) is 0.500. The van der Waals surface area contributed by atoms with E-state index < -0.39 is 0 Å². The summed E-state index contributed by atoms with van der Waals surface area (Å²) in [6.45, 7) is 3.58. The predicted octanol–water partition coefficient (Wildman–Crippen LogP) is -1.91. The zero-order valence-electron chi connectivity index (χ0n) is 8.78.